The second-order valence-electron chi connectivity index (χ2n) is 6.50. The Balaban J connectivity index is 3.98. The molecule has 0 aromatic carbocycles. The first-order valence-corrected chi connectivity index (χ1v) is 17.4. The van der Waals surface area contributed by atoms with Gasteiger partial charge in [-0.2, -0.15) is 0 Å². The van der Waals surface area contributed by atoms with E-state index in [1.54, 1.807) is 0 Å². The Labute approximate surface area is 111 Å². The molecule has 0 saturated carbocycles. The Morgan fingerprint density at radius 2 is 1.31 bits per heavy atom. The van der Waals surface area contributed by atoms with Gasteiger partial charge < -0.3 is 8.23 Å². The lowest BCUT2D eigenvalue weighted by molar-refractivity contribution is 0.560. The lowest BCUT2D eigenvalue weighted by atomic mass is 10.6. The number of hydrogen-bond donors (Lipinski definition) is 0. The van der Waals surface area contributed by atoms with Gasteiger partial charge in [0.15, 0.2) is 16.6 Å². The van der Waals surface area contributed by atoms with Gasteiger partial charge in [0.05, 0.1) is 0 Å². The maximum absolute atomic E-state index is 6.17. The molecule has 0 spiro atoms. The molecule has 0 bridgehead atoms. The smallest absolute Gasteiger partial charge is 0.169 e. The molecular formula is C9H30O2Si5. The topological polar surface area (TPSA) is 18.5 Å². The number of rotatable bonds is 8. The standard InChI is InChI=1S/C9H30O2Si5/c1-15(2,3)10-13-9(7-8-12)14-11-16(4,5)6/h9H,7-8,13-14H2,1-6,12H3. The molecule has 0 aliphatic carbocycles. The summed E-state index contributed by atoms with van der Waals surface area (Å²) in [5.74, 6) is 0. The van der Waals surface area contributed by atoms with Gasteiger partial charge in [-0.1, -0.05) is 12.5 Å². The molecule has 0 aromatic heterocycles. The summed E-state index contributed by atoms with van der Waals surface area (Å²) >= 11 is 0. The molecule has 0 fully saturated rings. The monoisotopic (exact) mass is 310 g/mol. The van der Waals surface area contributed by atoms with Crippen LogP contribution in [0.25, 0.3) is 0 Å². The van der Waals surface area contributed by atoms with E-state index in [4.69, 9.17) is 8.23 Å². The zero-order valence-electron chi connectivity index (χ0n) is 12.2. The van der Waals surface area contributed by atoms with Crippen molar-refractivity contribution in [1.82, 2.24) is 0 Å². The highest BCUT2D eigenvalue weighted by Gasteiger charge is 2.21. The molecule has 16 heavy (non-hydrogen) atoms. The Kier molecular flexibility index (Phi) is 7.91. The molecule has 0 radical (unpaired) electrons. The quantitative estimate of drug-likeness (QED) is 0.617. The summed E-state index contributed by atoms with van der Waals surface area (Å²) in [6.07, 6.45) is 1.40. The second kappa shape index (κ2) is 7.44. The predicted molar refractivity (Wildman–Crippen MR) is 89.1 cm³/mol. The zero-order chi connectivity index (χ0) is 12.8. The second-order valence-corrected chi connectivity index (χ2v) is 22.4. The molecule has 0 unspecified atom stereocenters. The lowest BCUT2D eigenvalue weighted by Crippen LogP contribution is -2.34. The van der Waals surface area contributed by atoms with Gasteiger partial charge in [-0.25, -0.2) is 0 Å². The van der Waals surface area contributed by atoms with E-state index in [1.807, 2.05) is 0 Å². The first-order chi connectivity index (χ1) is 7.14. The first-order valence-electron chi connectivity index (χ1n) is 6.42. The Morgan fingerprint density at radius 1 is 0.938 bits per heavy atom. The van der Waals surface area contributed by atoms with Crippen molar-refractivity contribution < 1.29 is 8.23 Å². The van der Waals surface area contributed by atoms with Crippen LogP contribution in [0.15, 0.2) is 0 Å². The van der Waals surface area contributed by atoms with Crippen LogP contribution in [-0.4, -0.2) is 46.4 Å². The molecule has 0 atom stereocenters. The molecular weight excluding hydrogens is 281 g/mol. The van der Waals surface area contributed by atoms with E-state index in [0.717, 1.165) is 5.16 Å². The Hall–Kier alpha value is 1.00. The highest BCUT2D eigenvalue weighted by Crippen LogP contribution is 2.16. The summed E-state index contributed by atoms with van der Waals surface area (Å²) in [4.78, 5) is 0. The van der Waals surface area contributed by atoms with Crippen LogP contribution in [0.3, 0.4) is 0 Å². The van der Waals surface area contributed by atoms with E-state index in [-0.39, 0.29) is 19.5 Å². The lowest BCUT2D eigenvalue weighted by Gasteiger charge is -2.25. The summed E-state index contributed by atoms with van der Waals surface area (Å²) in [6, 6.07) is 1.43. The summed E-state index contributed by atoms with van der Waals surface area (Å²) in [7, 11) is -1.84. The first kappa shape index (κ1) is 17.0. The summed E-state index contributed by atoms with van der Waals surface area (Å²) in [5.41, 5.74) is 0. The van der Waals surface area contributed by atoms with Crippen molar-refractivity contribution in [1.29, 1.82) is 0 Å². The summed E-state index contributed by atoms with van der Waals surface area (Å²) < 4.78 is 12.3. The van der Waals surface area contributed by atoms with E-state index in [1.165, 1.54) is 22.7 Å². The van der Waals surface area contributed by atoms with Gasteiger partial charge in [-0.15, -0.1) is 0 Å². The molecule has 0 saturated heterocycles. The minimum atomic E-state index is -1.27. The molecule has 0 rings (SSSR count). The average Bonchev–Trinajstić information content (AvgIpc) is 2.07. The maximum Gasteiger partial charge on any atom is 0.169 e. The highest BCUT2D eigenvalue weighted by atomic mass is 28.4. The molecule has 0 aromatic rings. The predicted octanol–water partition coefficient (Wildman–Crippen LogP) is 0.777. The fourth-order valence-corrected chi connectivity index (χ4v) is 13.3. The zero-order valence-corrected chi connectivity index (χ0v) is 19.1. The van der Waals surface area contributed by atoms with Gasteiger partial charge >= 0.3 is 0 Å². The maximum atomic E-state index is 6.17. The molecule has 0 aliphatic rings. The van der Waals surface area contributed by atoms with Crippen LogP contribution in [0, 0.1) is 0 Å². The van der Waals surface area contributed by atoms with Crippen molar-refractivity contribution in [2.75, 3.05) is 0 Å². The van der Waals surface area contributed by atoms with Crippen molar-refractivity contribution in [2.45, 2.75) is 56.9 Å². The highest BCUT2D eigenvalue weighted by molar-refractivity contribution is 6.77. The third-order valence-electron chi connectivity index (χ3n) is 2.20. The molecule has 0 N–H and O–H groups in total. The van der Waals surface area contributed by atoms with Gasteiger partial charge in [-0.3, -0.25) is 0 Å². The van der Waals surface area contributed by atoms with Gasteiger partial charge in [0.25, 0.3) is 0 Å². The van der Waals surface area contributed by atoms with Crippen LogP contribution in [0.4, 0.5) is 0 Å². The number of hydrogen-bond acceptors (Lipinski definition) is 2. The van der Waals surface area contributed by atoms with Gasteiger partial charge in [-0.05, 0) is 44.4 Å². The Morgan fingerprint density at radius 3 is 1.56 bits per heavy atom. The SMILES string of the molecule is C[Si](C)(C)O[SiH2]C(CC[SiH3])[SiH2]O[Si](C)(C)C. The van der Waals surface area contributed by atoms with Crippen LogP contribution >= 0.6 is 0 Å². The third-order valence-corrected chi connectivity index (χ3v) is 14.2. The van der Waals surface area contributed by atoms with E-state index in [2.05, 4.69) is 39.3 Å². The van der Waals surface area contributed by atoms with Crippen LogP contribution in [0.1, 0.15) is 6.42 Å². The van der Waals surface area contributed by atoms with E-state index >= 15 is 0 Å². The van der Waals surface area contributed by atoms with Gasteiger partial charge in [0.2, 0.25) is 0 Å². The average molecular weight is 311 g/mol. The normalized spacial score (nSPS) is 16.9. The molecule has 0 amide bonds. The fraction of sp³-hybridized carbons (Fsp3) is 1.00. The third kappa shape index (κ3) is 11.5. The molecule has 98 valence electrons. The van der Waals surface area contributed by atoms with Gasteiger partial charge in [0.1, 0.15) is 19.5 Å². The van der Waals surface area contributed by atoms with Crippen molar-refractivity contribution in [3.63, 3.8) is 0 Å². The van der Waals surface area contributed by atoms with E-state index < -0.39 is 16.6 Å². The summed E-state index contributed by atoms with van der Waals surface area (Å²) in [5, 5.41) is 0.899. The van der Waals surface area contributed by atoms with Gasteiger partial charge in [0, 0.05) is 10.2 Å². The van der Waals surface area contributed by atoms with Crippen LogP contribution in [0.2, 0.25) is 50.5 Å². The summed E-state index contributed by atoms with van der Waals surface area (Å²) in [6.45, 7) is 13.8. The van der Waals surface area contributed by atoms with Crippen molar-refractivity contribution in [2.24, 2.45) is 0 Å². The van der Waals surface area contributed by atoms with Crippen LogP contribution in [-0.2, 0) is 8.23 Å². The molecule has 0 heterocycles. The van der Waals surface area contributed by atoms with Crippen LogP contribution in [0.5, 0.6) is 0 Å². The van der Waals surface area contributed by atoms with Crippen molar-refractivity contribution in [3.8, 4) is 0 Å². The molecule has 2 nitrogen and oxygen atoms in total. The van der Waals surface area contributed by atoms with E-state index in [0.29, 0.717) is 0 Å². The minimum Gasteiger partial charge on any atom is -0.461 e. The van der Waals surface area contributed by atoms with Crippen molar-refractivity contribution in [3.05, 3.63) is 0 Å². The van der Waals surface area contributed by atoms with Crippen molar-refractivity contribution >= 4 is 46.4 Å². The fourth-order valence-electron chi connectivity index (χ4n) is 1.36. The molecule has 7 heteroatoms. The molecule has 0 aliphatic heterocycles. The van der Waals surface area contributed by atoms with Crippen LogP contribution < -0.4 is 0 Å². The largest absolute Gasteiger partial charge is 0.461 e. The minimum absolute atomic E-state index is 0.316. The van der Waals surface area contributed by atoms with E-state index in [9.17, 15) is 0 Å². The Bertz CT molecular complexity index is 169.